The second-order valence-electron chi connectivity index (χ2n) is 6.30. The van der Waals surface area contributed by atoms with Crippen LogP contribution in [-0.2, 0) is 10.5 Å². The molecule has 0 aliphatic rings. The standard InChI is InChI=1S/C20H21N3O2S2/c1-13(2)26-11-17-10-18(24)23-20(22-17)27-12-19(25)21-16-8-7-14-5-3-4-6-15(14)9-16/h3-10,13H,11-12H2,1-2H3,(H,21,25)(H,22,23,24). The molecule has 1 aromatic heterocycles. The number of carbonyl (C=O) groups is 1. The molecule has 3 rings (SSSR count). The summed E-state index contributed by atoms with van der Waals surface area (Å²) in [5.41, 5.74) is 1.29. The zero-order chi connectivity index (χ0) is 19.2. The van der Waals surface area contributed by atoms with E-state index in [1.165, 1.54) is 17.8 Å². The van der Waals surface area contributed by atoms with Crippen LogP contribution in [0.15, 0.2) is 58.5 Å². The SMILES string of the molecule is CC(C)SCc1cc(=O)[nH]c(SCC(=O)Nc2ccc3ccccc3c2)n1. The lowest BCUT2D eigenvalue weighted by molar-refractivity contribution is -0.113. The number of carbonyl (C=O) groups excluding carboxylic acids is 1. The van der Waals surface area contributed by atoms with Gasteiger partial charge in [0.05, 0.1) is 11.4 Å². The topological polar surface area (TPSA) is 74.8 Å². The van der Waals surface area contributed by atoms with Crippen molar-refractivity contribution in [1.82, 2.24) is 9.97 Å². The second-order valence-corrected chi connectivity index (χ2v) is 8.83. The molecule has 0 atom stereocenters. The van der Waals surface area contributed by atoms with Gasteiger partial charge in [0.25, 0.3) is 5.56 Å². The van der Waals surface area contributed by atoms with Gasteiger partial charge in [-0.2, -0.15) is 11.8 Å². The first-order valence-electron chi connectivity index (χ1n) is 8.63. The quantitative estimate of drug-likeness (QED) is 0.458. The molecule has 0 bridgehead atoms. The Morgan fingerprint density at radius 3 is 2.70 bits per heavy atom. The van der Waals surface area contributed by atoms with Crippen molar-refractivity contribution < 1.29 is 4.79 Å². The summed E-state index contributed by atoms with van der Waals surface area (Å²) in [5.74, 6) is 0.717. The molecule has 0 fully saturated rings. The molecule has 1 heterocycles. The molecule has 5 nitrogen and oxygen atoms in total. The molecule has 0 spiro atoms. The summed E-state index contributed by atoms with van der Waals surface area (Å²) < 4.78 is 0. The van der Waals surface area contributed by atoms with Crippen LogP contribution in [0.25, 0.3) is 10.8 Å². The van der Waals surface area contributed by atoms with Crippen LogP contribution in [0.5, 0.6) is 0 Å². The Morgan fingerprint density at radius 1 is 1.15 bits per heavy atom. The molecule has 0 saturated heterocycles. The van der Waals surface area contributed by atoms with Crippen LogP contribution in [0.4, 0.5) is 5.69 Å². The first kappa shape index (κ1) is 19.5. The van der Waals surface area contributed by atoms with E-state index >= 15 is 0 Å². The minimum absolute atomic E-state index is 0.139. The molecule has 3 aromatic rings. The number of nitrogens with one attached hydrogen (secondary N) is 2. The van der Waals surface area contributed by atoms with E-state index in [0.29, 0.717) is 16.2 Å². The number of anilines is 1. The van der Waals surface area contributed by atoms with Crippen LogP contribution in [0.3, 0.4) is 0 Å². The third kappa shape index (κ3) is 5.87. The Labute approximate surface area is 166 Å². The molecule has 0 radical (unpaired) electrons. The van der Waals surface area contributed by atoms with Crippen LogP contribution in [0, 0.1) is 0 Å². The Bertz CT molecular complexity index is 1000. The molecular weight excluding hydrogens is 378 g/mol. The first-order valence-corrected chi connectivity index (χ1v) is 10.7. The largest absolute Gasteiger partial charge is 0.325 e. The van der Waals surface area contributed by atoms with Crippen molar-refractivity contribution in [2.45, 2.75) is 30.0 Å². The van der Waals surface area contributed by atoms with E-state index < -0.39 is 0 Å². The van der Waals surface area contributed by atoms with Gasteiger partial charge in [-0.25, -0.2) is 4.98 Å². The van der Waals surface area contributed by atoms with E-state index in [0.717, 1.165) is 22.2 Å². The summed E-state index contributed by atoms with van der Waals surface area (Å²) in [4.78, 5) is 31.2. The van der Waals surface area contributed by atoms with Crippen LogP contribution in [0.1, 0.15) is 19.5 Å². The zero-order valence-electron chi connectivity index (χ0n) is 15.2. The Hall–Kier alpha value is -2.25. The van der Waals surface area contributed by atoms with E-state index in [2.05, 4.69) is 29.1 Å². The van der Waals surface area contributed by atoms with Crippen molar-refractivity contribution in [3.05, 3.63) is 64.6 Å². The third-order valence-corrected chi connectivity index (χ3v) is 5.71. The normalized spacial score (nSPS) is 11.1. The maximum Gasteiger partial charge on any atom is 0.251 e. The van der Waals surface area contributed by atoms with Crippen molar-refractivity contribution in [2.75, 3.05) is 11.1 Å². The molecule has 7 heteroatoms. The lowest BCUT2D eigenvalue weighted by Gasteiger charge is -2.07. The fraction of sp³-hybridized carbons (Fsp3) is 0.250. The summed E-state index contributed by atoms with van der Waals surface area (Å²) in [6.45, 7) is 4.20. The third-order valence-electron chi connectivity index (χ3n) is 3.71. The lowest BCUT2D eigenvalue weighted by atomic mass is 10.1. The van der Waals surface area contributed by atoms with Gasteiger partial charge in [-0.1, -0.05) is 55.9 Å². The maximum absolute atomic E-state index is 12.3. The number of aromatic nitrogens is 2. The number of aromatic amines is 1. The number of rotatable bonds is 7. The minimum atomic E-state index is -0.193. The van der Waals surface area contributed by atoms with Crippen molar-refractivity contribution >= 4 is 45.9 Å². The second kappa shape index (κ2) is 9.10. The van der Waals surface area contributed by atoms with Gasteiger partial charge < -0.3 is 10.3 Å². The molecule has 2 aromatic carbocycles. The zero-order valence-corrected chi connectivity index (χ0v) is 16.8. The van der Waals surface area contributed by atoms with E-state index in [4.69, 9.17) is 0 Å². The van der Waals surface area contributed by atoms with E-state index in [1.807, 2.05) is 42.5 Å². The highest BCUT2D eigenvalue weighted by Gasteiger charge is 2.08. The average Bonchev–Trinajstić information content (AvgIpc) is 2.64. The van der Waals surface area contributed by atoms with Gasteiger partial charge in [0.2, 0.25) is 5.91 Å². The predicted molar refractivity (Wildman–Crippen MR) is 115 cm³/mol. The van der Waals surface area contributed by atoms with Crippen molar-refractivity contribution in [3.8, 4) is 0 Å². The predicted octanol–water partition coefficient (Wildman–Crippen LogP) is 4.30. The Balaban J connectivity index is 1.60. The number of hydrogen-bond acceptors (Lipinski definition) is 5. The van der Waals surface area contributed by atoms with Gasteiger partial charge in [-0.3, -0.25) is 9.59 Å². The minimum Gasteiger partial charge on any atom is -0.325 e. The molecule has 0 aliphatic heterocycles. The van der Waals surface area contributed by atoms with Crippen molar-refractivity contribution in [2.24, 2.45) is 0 Å². The molecule has 27 heavy (non-hydrogen) atoms. The number of thioether (sulfide) groups is 2. The summed E-state index contributed by atoms with van der Waals surface area (Å²) in [6, 6.07) is 15.3. The fourth-order valence-electron chi connectivity index (χ4n) is 2.48. The highest BCUT2D eigenvalue weighted by molar-refractivity contribution is 7.99. The first-order chi connectivity index (χ1) is 13.0. The van der Waals surface area contributed by atoms with Crippen molar-refractivity contribution in [1.29, 1.82) is 0 Å². The average molecular weight is 400 g/mol. The van der Waals surface area contributed by atoms with Gasteiger partial charge in [-0.05, 0) is 28.2 Å². The number of hydrogen-bond donors (Lipinski definition) is 2. The van der Waals surface area contributed by atoms with Crippen LogP contribution < -0.4 is 10.9 Å². The van der Waals surface area contributed by atoms with Crippen molar-refractivity contribution in [3.63, 3.8) is 0 Å². The highest BCUT2D eigenvalue weighted by atomic mass is 32.2. The van der Waals surface area contributed by atoms with Crippen LogP contribution >= 0.6 is 23.5 Å². The molecule has 2 N–H and O–H groups in total. The molecule has 0 aliphatic carbocycles. The van der Waals surface area contributed by atoms with Gasteiger partial charge in [0.1, 0.15) is 0 Å². The lowest BCUT2D eigenvalue weighted by Crippen LogP contribution is -2.15. The summed E-state index contributed by atoms with van der Waals surface area (Å²) in [7, 11) is 0. The monoisotopic (exact) mass is 399 g/mol. The number of fused-ring (bicyclic) bond motifs is 1. The van der Waals surface area contributed by atoms with Gasteiger partial charge in [0.15, 0.2) is 5.16 Å². The Kier molecular flexibility index (Phi) is 6.58. The summed E-state index contributed by atoms with van der Waals surface area (Å²) in [5, 5.41) is 6.03. The maximum atomic E-state index is 12.3. The smallest absolute Gasteiger partial charge is 0.251 e. The summed E-state index contributed by atoms with van der Waals surface area (Å²) in [6.07, 6.45) is 0. The molecular formula is C20H21N3O2S2. The van der Waals surface area contributed by atoms with Gasteiger partial charge in [0, 0.05) is 17.5 Å². The van der Waals surface area contributed by atoms with E-state index in [-0.39, 0.29) is 17.2 Å². The summed E-state index contributed by atoms with van der Waals surface area (Å²) >= 11 is 2.95. The van der Waals surface area contributed by atoms with Crippen LogP contribution in [0.2, 0.25) is 0 Å². The number of nitrogens with zero attached hydrogens (tertiary/aromatic N) is 1. The highest BCUT2D eigenvalue weighted by Crippen LogP contribution is 2.20. The number of benzene rings is 2. The van der Waals surface area contributed by atoms with E-state index in [9.17, 15) is 9.59 Å². The fourth-order valence-corrected chi connectivity index (χ4v) is 3.82. The van der Waals surface area contributed by atoms with Crippen LogP contribution in [-0.4, -0.2) is 26.9 Å². The van der Waals surface area contributed by atoms with Gasteiger partial charge in [-0.15, -0.1) is 0 Å². The van der Waals surface area contributed by atoms with Gasteiger partial charge >= 0.3 is 0 Å². The molecule has 0 unspecified atom stereocenters. The number of H-pyrrole nitrogens is 1. The Morgan fingerprint density at radius 2 is 1.93 bits per heavy atom. The molecule has 0 saturated carbocycles. The number of amides is 1. The molecule has 140 valence electrons. The molecule has 1 amide bonds. The van der Waals surface area contributed by atoms with E-state index in [1.54, 1.807) is 11.8 Å².